The van der Waals surface area contributed by atoms with Gasteiger partial charge in [-0.2, -0.15) is 0 Å². The summed E-state index contributed by atoms with van der Waals surface area (Å²) in [6.07, 6.45) is 0. The highest BCUT2D eigenvalue weighted by Gasteiger charge is 2.48. The largest absolute Gasteiger partial charge is 0.507 e. The Bertz CT molecular complexity index is 1350. The number of aliphatic hydroxyl groups excluding tert-OH is 1. The monoisotopic (exact) mass is 485 g/mol. The summed E-state index contributed by atoms with van der Waals surface area (Å²) < 4.78 is 11.1. The van der Waals surface area contributed by atoms with Gasteiger partial charge < -0.3 is 14.6 Å². The number of amides is 1. The van der Waals surface area contributed by atoms with Gasteiger partial charge in [0.2, 0.25) is 0 Å². The van der Waals surface area contributed by atoms with Gasteiger partial charge in [-0.1, -0.05) is 49.7 Å². The number of benzene rings is 3. The summed E-state index contributed by atoms with van der Waals surface area (Å²) in [5.74, 6) is -0.327. The van der Waals surface area contributed by atoms with E-state index in [-0.39, 0.29) is 17.3 Å². The van der Waals surface area contributed by atoms with Crippen LogP contribution in [0.2, 0.25) is 0 Å². The molecule has 4 rings (SSSR count). The van der Waals surface area contributed by atoms with Crippen molar-refractivity contribution in [3.8, 4) is 11.5 Å². The fraction of sp³-hybridized carbons (Fsp3) is 0.267. The van der Waals surface area contributed by atoms with Crippen molar-refractivity contribution in [2.24, 2.45) is 0 Å². The fourth-order valence-electron chi connectivity index (χ4n) is 4.72. The maximum Gasteiger partial charge on any atom is 0.300 e. The number of carbonyl (C=O) groups excluding carboxylic acids is 2. The fourth-order valence-corrected chi connectivity index (χ4v) is 4.72. The lowest BCUT2D eigenvalue weighted by molar-refractivity contribution is -0.132. The van der Waals surface area contributed by atoms with Gasteiger partial charge in [-0.3, -0.25) is 14.5 Å². The molecule has 1 heterocycles. The Morgan fingerprint density at radius 2 is 1.56 bits per heavy atom. The number of methoxy groups -OCH3 is 2. The highest BCUT2D eigenvalue weighted by atomic mass is 16.5. The lowest BCUT2D eigenvalue weighted by Gasteiger charge is -2.27. The van der Waals surface area contributed by atoms with Crippen LogP contribution in [0.15, 0.2) is 66.2 Å². The van der Waals surface area contributed by atoms with E-state index in [1.807, 2.05) is 70.2 Å². The lowest BCUT2D eigenvalue weighted by Crippen LogP contribution is -2.29. The van der Waals surface area contributed by atoms with Crippen LogP contribution in [-0.4, -0.2) is 31.0 Å². The van der Waals surface area contributed by atoms with E-state index in [1.54, 1.807) is 32.4 Å². The normalized spacial score (nSPS) is 17.1. The average Bonchev–Trinajstić information content (AvgIpc) is 3.13. The number of anilines is 1. The number of Topliss-reactive ketones (excluding diaryl/α,β-unsaturated/α-hetero) is 1. The second-order valence-electron chi connectivity index (χ2n) is 9.31. The van der Waals surface area contributed by atoms with Crippen LogP contribution in [0.4, 0.5) is 5.69 Å². The summed E-state index contributed by atoms with van der Waals surface area (Å²) in [5, 5.41) is 11.7. The van der Waals surface area contributed by atoms with Crippen LogP contribution in [0.5, 0.6) is 11.5 Å². The number of ketones is 1. The molecule has 186 valence electrons. The minimum Gasteiger partial charge on any atom is -0.507 e. The molecule has 0 radical (unpaired) electrons. The van der Waals surface area contributed by atoms with Crippen molar-refractivity contribution in [2.45, 2.75) is 39.7 Å². The Balaban J connectivity index is 2.02. The van der Waals surface area contributed by atoms with Crippen LogP contribution in [0.1, 0.15) is 53.6 Å². The predicted octanol–water partition coefficient (Wildman–Crippen LogP) is 6.07. The van der Waals surface area contributed by atoms with Crippen LogP contribution in [-0.2, 0) is 9.59 Å². The molecular formula is C30H31NO5. The smallest absolute Gasteiger partial charge is 0.300 e. The molecule has 0 aliphatic carbocycles. The highest BCUT2D eigenvalue weighted by molar-refractivity contribution is 6.51. The molecule has 36 heavy (non-hydrogen) atoms. The van der Waals surface area contributed by atoms with E-state index >= 15 is 0 Å². The van der Waals surface area contributed by atoms with Crippen LogP contribution < -0.4 is 14.4 Å². The van der Waals surface area contributed by atoms with E-state index in [2.05, 4.69) is 0 Å². The summed E-state index contributed by atoms with van der Waals surface area (Å²) in [5.41, 5.74) is 4.33. The first-order valence-corrected chi connectivity index (χ1v) is 11.9. The summed E-state index contributed by atoms with van der Waals surface area (Å²) >= 11 is 0. The average molecular weight is 486 g/mol. The summed E-state index contributed by atoms with van der Waals surface area (Å²) in [6, 6.07) is 17.4. The topological polar surface area (TPSA) is 76.1 Å². The highest BCUT2D eigenvalue weighted by Crippen LogP contribution is 2.45. The maximum atomic E-state index is 13.5. The number of nitrogens with zero attached hydrogens (tertiary/aromatic N) is 1. The minimum absolute atomic E-state index is 0.0213. The Morgan fingerprint density at radius 1 is 0.917 bits per heavy atom. The van der Waals surface area contributed by atoms with Crippen LogP contribution in [0.3, 0.4) is 0 Å². The molecule has 0 aromatic heterocycles. The molecule has 3 aromatic carbocycles. The zero-order valence-electron chi connectivity index (χ0n) is 21.5. The molecule has 1 amide bonds. The van der Waals surface area contributed by atoms with Crippen molar-refractivity contribution < 1.29 is 24.2 Å². The third-order valence-electron chi connectivity index (χ3n) is 6.64. The van der Waals surface area contributed by atoms with Crippen LogP contribution in [0.25, 0.3) is 5.76 Å². The van der Waals surface area contributed by atoms with Crippen LogP contribution in [0, 0.1) is 13.8 Å². The van der Waals surface area contributed by atoms with E-state index in [0.717, 1.165) is 16.7 Å². The standard InChI is InChI=1S/C30H31NO5/c1-17(2)22-16-23(19(4)15-25(22)36-6)28(32)26-27(21-9-7-8-10-24(21)35-5)31(30(34)29(26)33)20-13-11-18(3)12-14-20/h7-17,27,32H,1-6H3/b28-26+. The number of hydrogen-bond donors (Lipinski definition) is 1. The van der Waals surface area contributed by atoms with E-state index in [9.17, 15) is 14.7 Å². The van der Waals surface area contributed by atoms with Crippen molar-refractivity contribution >= 4 is 23.1 Å². The Morgan fingerprint density at radius 3 is 2.17 bits per heavy atom. The molecule has 1 N–H and O–H groups in total. The first kappa shape index (κ1) is 25.0. The minimum atomic E-state index is -0.868. The summed E-state index contributed by atoms with van der Waals surface area (Å²) in [7, 11) is 3.15. The second kappa shape index (κ2) is 9.90. The van der Waals surface area contributed by atoms with Gasteiger partial charge >= 0.3 is 0 Å². The molecule has 1 aliphatic rings. The van der Waals surface area contributed by atoms with Crippen molar-refractivity contribution in [1.29, 1.82) is 0 Å². The van der Waals surface area contributed by atoms with E-state index < -0.39 is 17.7 Å². The van der Waals surface area contributed by atoms with E-state index in [0.29, 0.717) is 28.3 Å². The molecule has 3 aromatic rings. The van der Waals surface area contributed by atoms with Gasteiger partial charge in [0.15, 0.2) is 0 Å². The van der Waals surface area contributed by atoms with Gasteiger partial charge in [0.05, 0.1) is 25.8 Å². The quantitative estimate of drug-likeness (QED) is 0.261. The third kappa shape index (κ3) is 4.24. The summed E-state index contributed by atoms with van der Waals surface area (Å²) in [6.45, 7) is 7.86. The van der Waals surface area contributed by atoms with Gasteiger partial charge in [-0.15, -0.1) is 0 Å². The second-order valence-corrected chi connectivity index (χ2v) is 9.31. The Labute approximate surface area is 211 Å². The molecule has 1 unspecified atom stereocenters. The van der Waals surface area contributed by atoms with Gasteiger partial charge in [-0.05, 0) is 61.2 Å². The number of aliphatic hydroxyl groups is 1. The van der Waals surface area contributed by atoms with Gasteiger partial charge in [0.25, 0.3) is 11.7 Å². The first-order chi connectivity index (χ1) is 17.2. The molecule has 0 bridgehead atoms. The number of aryl methyl sites for hydroxylation is 2. The molecule has 1 atom stereocenters. The van der Waals surface area contributed by atoms with Crippen molar-refractivity contribution in [3.05, 3.63) is 94.1 Å². The lowest BCUT2D eigenvalue weighted by atomic mass is 9.90. The Kier molecular flexibility index (Phi) is 6.88. The zero-order chi connectivity index (χ0) is 26.1. The number of hydrogen-bond acceptors (Lipinski definition) is 5. The van der Waals surface area contributed by atoms with Crippen LogP contribution >= 0.6 is 0 Å². The van der Waals surface area contributed by atoms with Crippen molar-refractivity contribution in [2.75, 3.05) is 19.1 Å². The van der Waals surface area contributed by atoms with Crippen molar-refractivity contribution in [1.82, 2.24) is 0 Å². The molecule has 1 fully saturated rings. The maximum absolute atomic E-state index is 13.5. The number of carbonyl (C=O) groups is 2. The molecule has 6 nitrogen and oxygen atoms in total. The number of ether oxygens (including phenoxy) is 2. The molecule has 0 saturated carbocycles. The number of para-hydroxylation sites is 1. The molecule has 0 spiro atoms. The SMILES string of the molecule is COc1cc(C)c(/C(O)=C2\C(=O)C(=O)N(c3ccc(C)cc3)C2c2ccccc2OC)cc1C(C)C. The third-order valence-corrected chi connectivity index (χ3v) is 6.64. The van der Waals surface area contributed by atoms with Gasteiger partial charge in [0, 0.05) is 16.8 Å². The Hall–Kier alpha value is -4.06. The van der Waals surface area contributed by atoms with E-state index in [4.69, 9.17) is 9.47 Å². The molecule has 1 saturated heterocycles. The molecular weight excluding hydrogens is 454 g/mol. The van der Waals surface area contributed by atoms with Gasteiger partial charge in [-0.25, -0.2) is 0 Å². The van der Waals surface area contributed by atoms with E-state index in [1.165, 1.54) is 4.90 Å². The van der Waals surface area contributed by atoms with Gasteiger partial charge in [0.1, 0.15) is 17.3 Å². The van der Waals surface area contributed by atoms with Crippen molar-refractivity contribution in [3.63, 3.8) is 0 Å². The summed E-state index contributed by atoms with van der Waals surface area (Å²) in [4.78, 5) is 28.4. The first-order valence-electron chi connectivity index (χ1n) is 11.9. The molecule has 1 aliphatic heterocycles. The zero-order valence-corrected chi connectivity index (χ0v) is 21.5. The predicted molar refractivity (Wildman–Crippen MR) is 141 cm³/mol. The molecule has 6 heteroatoms. The number of rotatable bonds is 6.